The quantitative estimate of drug-likeness (QED) is 0.605. The van der Waals surface area contributed by atoms with Gasteiger partial charge in [-0.2, -0.15) is 0 Å². The summed E-state index contributed by atoms with van der Waals surface area (Å²) < 4.78 is 0. The van der Waals surface area contributed by atoms with Gasteiger partial charge in [-0.3, -0.25) is 0 Å². The van der Waals surface area contributed by atoms with Crippen molar-refractivity contribution in [2.75, 3.05) is 6.61 Å². The third kappa shape index (κ3) is 2.06. The smallest absolute Gasteiger partial charge is 0.0464 e. The average Bonchev–Trinajstić information content (AvgIpc) is 2.04. The minimum atomic E-state index is 0.345. The zero-order valence-corrected chi connectivity index (χ0v) is 7.34. The largest absolute Gasteiger partial charge is 0.396 e. The van der Waals surface area contributed by atoms with Gasteiger partial charge in [-0.05, 0) is 31.6 Å². The van der Waals surface area contributed by atoms with Crippen molar-refractivity contribution in [2.24, 2.45) is 11.8 Å². The predicted molar refractivity (Wildman–Crippen MR) is 47.3 cm³/mol. The molecule has 0 amide bonds. The summed E-state index contributed by atoms with van der Waals surface area (Å²) in [6, 6.07) is 0. The summed E-state index contributed by atoms with van der Waals surface area (Å²) in [5, 5.41) is 9.07. The van der Waals surface area contributed by atoms with Gasteiger partial charge < -0.3 is 5.11 Å². The van der Waals surface area contributed by atoms with Crippen LogP contribution in [0.25, 0.3) is 0 Å². The molecular weight excluding hydrogens is 136 g/mol. The highest BCUT2D eigenvalue weighted by Gasteiger charge is 2.24. The summed E-state index contributed by atoms with van der Waals surface area (Å²) in [5.74, 6) is 1.09. The Morgan fingerprint density at radius 3 is 2.55 bits per heavy atom. The number of aliphatic hydroxyl groups excluding tert-OH is 1. The third-order valence-electron chi connectivity index (χ3n) is 2.78. The topological polar surface area (TPSA) is 20.2 Å². The zero-order valence-electron chi connectivity index (χ0n) is 7.34. The van der Waals surface area contributed by atoms with Gasteiger partial charge in [0, 0.05) is 6.61 Å². The molecule has 1 aliphatic carbocycles. The molecule has 0 radical (unpaired) electrons. The standard InChI is InChI=1S/C10H18O/c1-8(2)10-6-4-3-5-9(10)7-11/h9-11H,1,3-7H2,2H3/t9-,10-/m0/s1. The molecule has 0 aromatic carbocycles. The van der Waals surface area contributed by atoms with Crippen LogP contribution in [0.15, 0.2) is 12.2 Å². The van der Waals surface area contributed by atoms with Crippen LogP contribution in [0.4, 0.5) is 0 Å². The Morgan fingerprint density at radius 2 is 2.09 bits per heavy atom. The lowest BCUT2D eigenvalue weighted by atomic mass is 9.76. The molecule has 1 N–H and O–H groups in total. The van der Waals surface area contributed by atoms with E-state index in [-0.39, 0.29) is 0 Å². The number of aliphatic hydroxyl groups is 1. The van der Waals surface area contributed by atoms with E-state index in [9.17, 15) is 0 Å². The molecule has 1 saturated carbocycles. The molecular formula is C10H18O. The van der Waals surface area contributed by atoms with Gasteiger partial charge in [-0.25, -0.2) is 0 Å². The molecule has 0 aliphatic heterocycles. The van der Waals surface area contributed by atoms with Crippen molar-refractivity contribution in [3.05, 3.63) is 12.2 Å². The maximum atomic E-state index is 9.07. The minimum Gasteiger partial charge on any atom is -0.396 e. The van der Waals surface area contributed by atoms with E-state index in [4.69, 9.17) is 5.11 Å². The zero-order chi connectivity index (χ0) is 8.27. The first-order valence-corrected chi connectivity index (χ1v) is 4.52. The average molecular weight is 154 g/mol. The number of hydrogen-bond donors (Lipinski definition) is 1. The first-order valence-electron chi connectivity index (χ1n) is 4.52. The van der Waals surface area contributed by atoms with E-state index in [1.54, 1.807) is 0 Å². The SMILES string of the molecule is C=C(C)[C@@H]1CCCC[C@H]1CO. The Balaban J connectivity index is 2.51. The molecule has 64 valence electrons. The van der Waals surface area contributed by atoms with E-state index in [1.165, 1.54) is 31.3 Å². The Labute approximate surface area is 69.1 Å². The predicted octanol–water partition coefficient (Wildman–Crippen LogP) is 2.36. The highest BCUT2D eigenvalue weighted by molar-refractivity contribution is 5.00. The summed E-state index contributed by atoms with van der Waals surface area (Å²) in [5.41, 5.74) is 1.25. The number of allylic oxidation sites excluding steroid dienone is 1. The van der Waals surface area contributed by atoms with E-state index in [0.717, 1.165) is 0 Å². The van der Waals surface area contributed by atoms with Crippen molar-refractivity contribution in [3.8, 4) is 0 Å². The van der Waals surface area contributed by atoms with Gasteiger partial charge in [0.15, 0.2) is 0 Å². The maximum absolute atomic E-state index is 9.07. The fourth-order valence-corrected chi connectivity index (χ4v) is 2.07. The molecule has 1 nitrogen and oxygen atoms in total. The monoisotopic (exact) mass is 154 g/mol. The summed E-state index contributed by atoms with van der Waals surface area (Å²) >= 11 is 0. The van der Waals surface area contributed by atoms with E-state index < -0.39 is 0 Å². The maximum Gasteiger partial charge on any atom is 0.0464 e. The minimum absolute atomic E-state index is 0.345. The molecule has 1 aliphatic rings. The molecule has 0 bridgehead atoms. The third-order valence-corrected chi connectivity index (χ3v) is 2.78. The lowest BCUT2D eigenvalue weighted by Crippen LogP contribution is -2.23. The highest BCUT2D eigenvalue weighted by atomic mass is 16.3. The van der Waals surface area contributed by atoms with Gasteiger partial charge in [0.1, 0.15) is 0 Å². The van der Waals surface area contributed by atoms with E-state index in [0.29, 0.717) is 18.4 Å². The Bertz CT molecular complexity index is 140. The van der Waals surface area contributed by atoms with Crippen LogP contribution in [0.2, 0.25) is 0 Å². The normalized spacial score (nSPS) is 31.8. The summed E-state index contributed by atoms with van der Waals surface area (Å²) in [6.45, 7) is 6.39. The second-order valence-electron chi connectivity index (χ2n) is 3.68. The van der Waals surface area contributed by atoms with Gasteiger partial charge in [0.2, 0.25) is 0 Å². The summed E-state index contributed by atoms with van der Waals surface area (Å²) in [4.78, 5) is 0. The second-order valence-corrected chi connectivity index (χ2v) is 3.68. The van der Waals surface area contributed by atoms with E-state index in [1.807, 2.05) is 0 Å². The van der Waals surface area contributed by atoms with Gasteiger partial charge >= 0.3 is 0 Å². The molecule has 1 fully saturated rings. The number of rotatable bonds is 2. The summed E-state index contributed by atoms with van der Waals surface area (Å²) in [7, 11) is 0. The van der Waals surface area contributed by atoms with Crippen LogP contribution < -0.4 is 0 Å². The lowest BCUT2D eigenvalue weighted by Gasteiger charge is -2.30. The van der Waals surface area contributed by atoms with Gasteiger partial charge in [0.25, 0.3) is 0 Å². The first kappa shape index (κ1) is 8.79. The van der Waals surface area contributed by atoms with Crippen LogP contribution in [0.3, 0.4) is 0 Å². The molecule has 11 heavy (non-hydrogen) atoms. The van der Waals surface area contributed by atoms with Crippen molar-refractivity contribution in [1.82, 2.24) is 0 Å². The van der Waals surface area contributed by atoms with Crippen LogP contribution in [0.1, 0.15) is 32.6 Å². The van der Waals surface area contributed by atoms with Crippen molar-refractivity contribution in [2.45, 2.75) is 32.6 Å². The summed E-state index contributed by atoms with van der Waals surface area (Å²) in [6.07, 6.45) is 5.03. The van der Waals surface area contributed by atoms with Crippen LogP contribution in [0.5, 0.6) is 0 Å². The van der Waals surface area contributed by atoms with Gasteiger partial charge in [-0.1, -0.05) is 25.0 Å². The van der Waals surface area contributed by atoms with Crippen molar-refractivity contribution >= 4 is 0 Å². The van der Waals surface area contributed by atoms with Crippen LogP contribution in [-0.2, 0) is 0 Å². The Kier molecular flexibility index (Phi) is 3.13. The van der Waals surface area contributed by atoms with Crippen LogP contribution in [-0.4, -0.2) is 11.7 Å². The van der Waals surface area contributed by atoms with E-state index >= 15 is 0 Å². The lowest BCUT2D eigenvalue weighted by molar-refractivity contribution is 0.152. The highest BCUT2D eigenvalue weighted by Crippen LogP contribution is 2.33. The molecule has 0 aromatic heterocycles. The van der Waals surface area contributed by atoms with Crippen molar-refractivity contribution < 1.29 is 5.11 Å². The van der Waals surface area contributed by atoms with Gasteiger partial charge in [0.05, 0.1) is 0 Å². The van der Waals surface area contributed by atoms with E-state index in [2.05, 4.69) is 13.5 Å². The van der Waals surface area contributed by atoms with Crippen LogP contribution >= 0.6 is 0 Å². The molecule has 0 heterocycles. The second kappa shape index (κ2) is 3.91. The molecule has 0 spiro atoms. The Morgan fingerprint density at radius 1 is 1.45 bits per heavy atom. The van der Waals surface area contributed by atoms with Crippen LogP contribution in [0, 0.1) is 11.8 Å². The Hall–Kier alpha value is -0.300. The first-order chi connectivity index (χ1) is 5.25. The van der Waals surface area contributed by atoms with Crippen molar-refractivity contribution in [3.63, 3.8) is 0 Å². The molecule has 1 heteroatoms. The molecule has 1 rings (SSSR count). The molecule has 0 saturated heterocycles. The fraction of sp³-hybridized carbons (Fsp3) is 0.800. The molecule has 0 unspecified atom stereocenters. The molecule has 0 aromatic rings. The number of hydrogen-bond acceptors (Lipinski definition) is 1. The fourth-order valence-electron chi connectivity index (χ4n) is 2.07. The molecule has 2 atom stereocenters. The van der Waals surface area contributed by atoms with Gasteiger partial charge in [-0.15, -0.1) is 0 Å². The van der Waals surface area contributed by atoms with Crippen molar-refractivity contribution in [1.29, 1.82) is 0 Å².